The van der Waals surface area contributed by atoms with Gasteiger partial charge in [-0.3, -0.25) is 0 Å². The molecule has 0 radical (unpaired) electrons. The van der Waals surface area contributed by atoms with E-state index in [2.05, 4.69) is 0 Å². The standard InChI is InChI=1S/C17H26O11/c1-5-8-9(12(21)10(5)19)6(15(24)25-2)4-26-16(8)28-17-14(23)13(22)11(20)7(3-18)27-17/h4-5,7-14,16-23H,3H2,1-2H3/t5-,7+,8+,9+,10-,11+,12-,13-,14+,16-,17-/m0/s1. The third-order valence-corrected chi connectivity index (χ3v) is 5.82. The first-order valence-electron chi connectivity index (χ1n) is 8.98. The molecule has 0 unspecified atom stereocenters. The van der Waals surface area contributed by atoms with Gasteiger partial charge in [-0.15, -0.1) is 0 Å². The van der Waals surface area contributed by atoms with Crippen LogP contribution in [0.5, 0.6) is 0 Å². The molecule has 0 aromatic rings. The van der Waals surface area contributed by atoms with Gasteiger partial charge in [-0.25, -0.2) is 4.79 Å². The predicted molar refractivity (Wildman–Crippen MR) is 88.0 cm³/mol. The lowest BCUT2D eigenvalue weighted by Gasteiger charge is -2.43. The molecule has 0 aromatic heterocycles. The molecule has 1 saturated heterocycles. The highest BCUT2D eigenvalue weighted by atomic mass is 16.8. The SMILES string of the molecule is COC(=O)C1=CO[C@@H](O[C@@H]2O[C@H](CO)[C@@H](O)[C@H](O)[C@H]2O)[C@@H]2[C@H](C)[C@H](O)[C@@H](O)[C@H]12. The molecular weight excluding hydrogens is 380 g/mol. The number of methoxy groups -OCH3 is 1. The first-order valence-corrected chi connectivity index (χ1v) is 8.98. The summed E-state index contributed by atoms with van der Waals surface area (Å²) in [6.45, 7) is 1.02. The van der Waals surface area contributed by atoms with Gasteiger partial charge in [0.1, 0.15) is 24.4 Å². The summed E-state index contributed by atoms with van der Waals surface area (Å²) in [5, 5.41) is 59.9. The van der Waals surface area contributed by atoms with Crippen LogP contribution < -0.4 is 0 Å². The fourth-order valence-electron chi connectivity index (χ4n) is 4.16. The van der Waals surface area contributed by atoms with Crippen molar-refractivity contribution in [1.29, 1.82) is 0 Å². The van der Waals surface area contributed by atoms with Gasteiger partial charge in [0.25, 0.3) is 0 Å². The third kappa shape index (κ3) is 3.42. The average molecular weight is 406 g/mol. The van der Waals surface area contributed by atoms with E-state index in [1.807, 2.05) is 0 Å². The summed E-state index contributed by atoms with van der Waals surface area (Å²) in [6.07, 6.45) is -9.96. The monoisotopic (exact) mass is 406 g/mol. The molecule has 2 fully saturated rings. The number of carbonyl (C=O) groups excluding carboxylic acids is 1. The zero-order valence-electron chi connectivity index (χ0n) is 15.4. The van der Waals surface area contributed by atoms with Crippen molar-refractivity contribution in [1.82, 2.24) is 0 Å². The molecule has 1 aliphatic carbocycles. The number of rotatable bonds is 4. The van der Waals surface area contributed by atoms with Gasteiger partial charge in [0.15, 0.2) is 6.29 Å². The highest BCUT2D eigenvalue weighted by molar-refractivity contribution is 5.89. The van der Waals surface area contributed by atoms with Crippen LogP contribution in [0.2, 0.25) is 0 Å². The zero-order chi connectivity index (χ0) is 20.7. The van der Waals surface area contributed by atoms with Crippen molar-refractivity contribution in [3.8, 4) is 0 Å². The fraction of sp³-hybridized carbons (Fsp3) is 0.824. The van der Waals surface area contributed by atoms with Gasteiger partial charge in [0.05, 0.1) is 37.8 Å². The van der Waals surface area contributed by atoms with Crippen LogP contribution >= 0.6 is 0 Å². The molecule has 11 heteroatoms. The van der Waals surface area contributed by atoms with Crippen LogP contribution in [0.4, 0.5) is 0 Å². The summed E-state index contributed by atoms with van der Waals surface area (Å²) in [7, 11) is 1.18. The molecule has 3 aliphatic rings. The Kier molecular flexibility index (Phi) is 6.27. The van der Waals surface area contributed by atoms with Crippen molar-refractivity contribution in [2.45, 2.75) is 56.1 Å². The van der Waals surface area contributed by atoms with Crippen LogP contribution in [0.25, 0.3) is 0 Å². The summed E-state index contributed by atoms with van der Waals surface area (Å²) < 4.78 is 21.1. The first kappa shape index (κ1) is 21.4. The van der Waals surface area contributed by atoms with E-state index in [1.165, 1.54) is 7.11 Å². The number of hydrogen-bond acceptors (Lipinski definition) is 11. The van der Waals surface area contributed by atoms with E-state index in [9.17, 15) is 35.4 Å². The van der Waals surface area contributed by atoms with Crippen LogP contribution in [-0.4, -0.2) is 99.5 Å². The fourth-order valence-corrected chi connectivity index (χ4v) is 4.16. The molecule has 0 amide bonds. The lowest BCUT2D eigenvalue weighted by atomic mass is 9.82. The maximum absolute atomic E-state index is 12.0. The number of fused-ring (bicyclic) bond motifs is 1. The predicted octanol–water partition coefficient (Wildman–Crippen LogP) is -3.18. The second kappa shape index (κ2) is 8.20. The first-order chi connectivity index (χ1) is 13.2. The Morgan fingerprint density at radius 2 is 1.71 bits per heavy atom. The Labute approximate surface area is 160 Å². The van der Waals surface area contributed by atoms with E-state index in [-0.39, 0.29) is 5.57 Å². The molecular formula is C17H26O11. The highest BCUT2D eigenvalue weighted by Crippen LogP contribution is 2.47. The Balaban J connectivity index is 1.84. The normalized spacial score (nSPS) is 48.4. The Morgan fingerprint density at radius 1 is 1.04 bits per heavy atom. The van der Waals surface area contributed by atoms with Gasteiger partial charge in [0, 0.05) is 11.8 Å². The molecule has 2 heterocycles. The molecule has 2 aliphatic heterocycles. The third-order valence-electron chi connectivity index (χ3n) is 5.82. The van der Waals surface area contributed by atoms with E-state index in [0.29, 0.717) is 0 Å². The number of esters is 1. The summed E-state index contributed by atoms with van der Waals surface area (Å²) in [6, 6.07) is 0. The average Bonchev–Trinajstić information content (AvgIpc) is 2.92. The van der Waals surface area contributed by atoms with E-state index < -0.39 is 79.5 Å². The molecule has 11 nitrogen and oxygen atoms in total. The number of hydrogen-bond donors (Lipinski definition) is 6. The lowest BCUT2D eigenvalue weighted by molar-refractivity contribution is -0.343. The molecule has 0 aromatic carbocycles. The number of aliphatic hydroxyl groups is 6. The van der Waals surface area contributed by atoms with Crippen LogP contribution in [0.15, 0.2) is 11.8 Å². The molecule has 1 saturated carbocycles. The van der Waals surface area contributed by atoms with Crippen LogP contribution in [-0.2, 0) is 23.7 Å². The number of aliphatic hydroxyl groups excluding tert-OH is 6. The van der Waals surface area contributed by atoms with Gasteiger partial charge in [-0.1, -0.05) is 6.92 Å². The van der Waals surface area contributed by atoms with Crippen molar-refractivity contribution in [3.63, 3.8) is 0 Å². The van der Waals surface area contributed by atoms with Crippen LogP contribution in [0, 0.1) is 17.8 Å². The summed E-state index contributed by atoms with van der Waals surface area (Å²) >= 11 is 0. The second-order valence-corrected chi connectivity index (χ2v) is 7.35. The minimum atomic E-state index is -1.64. The summed E-state index contributed by atoms with van der Waals surface area (Å²) in [4.78, 5) is 12.0. The smallest absolute Gasteiger partial charge is 0.337 e. The van der Waals surface area contributed by atoms with Gasteiger partial charge in [0.2, 0.25) is 6.29 Å². The van der Waals surface area contributed by atoms with Crippen molar-refractivity contribution < 1.29 is 54.4 Å². The minimum absolute atomic E-state index is 0.0389. The largest absolute Gasteiger partial charge is 0.472 e. The van der Waals surface area contributed by atoms with Crippen molar-refractivity contribution in [3.05, 3.63) is 11.8 Å². The highest BCUT2D eigenvalue weighted by Gasteiger charge is 2.57. The summed E-state index contributed by atoms with van der Waals surface area (Å²) in [5.41, 5.74) is 0.0389. The molecule has 0 bridgehead atoms. The number of ether oxygens (including phenoxy) is 4. The Hall–Kier alpha value is -1.31. The molecule has 28 heavy (non-hydrogen) atoms. The maximum Gasteiger partial charge on any atom is 0.337 e. The van der Waals surface area contributed by atoms with Crippen LogP contribution in [0.1, 0.15) is 6.92 Å². The van der Waals surface area contributed by atoms with Crippen molar-refractivity contribution in [2.75, 3.05) is 13.7 Å². The summed E-state index contributed by atoms with van der Waals surface area (Å²) in [5.74, 6) is -2.82. The quantitative estimate of drug-likeness (QED) is 0.260. The van der Waals surface area contributed by atoms with E-state index in [4.69, 9.17) is 18.9 Å². The van der Waals surface area contributed by atoms with Gasteiger partial charge < -0.3 is 49.6 Å². The molecule has 6 N–H and O–H groups in total. The zero-order valence-corrected chi connectivity index (χ0v) is 15.4. The van der Waals surface area contributed by atoms with Crippen LogP contribution in [0.3, 0.4) is 0 Å². The number of carbonyl (C=O) groups is 1. The Bertz CT molecular complexity index is 608. The minimum Gasteiger partial charge on any atom is -0.472 e. The van der Waals surface area contributed by atoms with Gasteiger partial charge >= 0.3 is 5.97 Å². The Morgan fingerprint density at radius 3 is 2.32 bits per heavy atom. The van der Waals surface area contributed by atoms with E-state index in [0.717, 1.165) is 6.26 Å². The molecule has 11 atom stereocenters. The van der Waals surface area contributed by atoms with Gasteiger partial charge in [-0.2, -0.15) is 0 Å². The maximum atomic E-state index is 12.0. The second-order valence-electron chi connectivity index (χ2n) is 7.35. The van der Waals surface area contributed by atoms with E-state index >= 15 is 0 Å². The van der Waals surface area contributed by atoms with Gasteiger partial charge in [-0.05, 0) is 5.92 Å². The molecule has 160 valence electrons. The molecule has 3 rings (SSSR count). The van der Waals surface area contributed by atoms with Crippen molar-refractivity contribution in [2.24, 2.45) is 17.8 Å². The van der Waals surface area contributed by atoms with Crippen molar-refractivity contribution >= 4 is 5.97 Å². The topological polar surface area (TPSA) is 175 Å². The lowest BCUT2D eigenvalue weighted by Crippen LogP contribution is -2.60. The molecule has 0 spiro atoms. The van der Waals surface area contributed by atoms with E-state index in [1.54, 1.807) is 6.92 Å².